The topological polar surface area (TPSA) is 66.8 Å². The molecule has 1 spiro atoms. The molecule has 0 aromatic rings. The van der Waals surface area contributed by atoms with Gasteiger partial charge in [0.25, 0.3) is 0 Å². The normalized spacial score (nSPS) is 62.2. The Kier molecular flexibility index (Phi) is 2.03. The van der Waals surface area contributed by atoms with Crippen molar-refractivity contribution in [1.29, 1.82) is 0 Å². The van der Waals surface area contributed by atoms with E-state index in [1.165, 1.54) is 0 Å². The van der Waals surface area contributed by atoms with E-state index in [9.17, 15) is 15.0 Å². The summed E-state index contributed by atoms with van der Waals surface area (Å²) in [5, 5.41) is 20.3. The summed E-state index contributed by atoms with van der Waals surface area (Å²) in [6.45, 7) is 4.85. The Balaban J connectivity index is 1.76. The quantitative estimate of drug-likeness (QED) is 0.694. The second-order valence-electron chi connectivity index (χ2n) is 7.91. The van der Waals surface area contributed by atoms with E-state index in [-0.39, 0.29) is 35.2 Å². The van der Waals surface area contributed by atoms with Gasteiger partial charge in [0.15, 0.2) is 0 Å². The standard InChI is InChI=1S/C15H22O4/c1-13(7-16)3-8-9(4-13)14(2)6-15(14)10(11(8)17)5-19-12(15)18/h8-11,16-17H,3-7H2,1-2H3/t8-,9+,10-,11+,13-,14-,15?/m1/s1. The third-order valence-corrected chi connectivity index (χ3v) is 6.94. The molecule has 0 amide bonds. The maximum atomic E-state index is 12.2. The number of ether oxygens (including phenoxy) is 1. The smallest absolute Gasteiger partial charge is 0.313 e. The zero-order valence-corrected chi connectivity index (χ0v) is 11.6. The summed E-state index contributed by atoms with van der Waals surface area (Å²) in [6, 6.07) is 0. The van der Waals surface area contributed by atoms with Crippen LogP contribution < -0.4 is 0 Å². The van der Waals surface area contributed by atoms with Crippen LogP contribution in [-0.2, 0) is 9.53 Å². The number of esters is 1. The summed E-state index contributed by atoms with van der Waals surface area (Å²) in [5.74, 6) is 0.459. The van der Waals surface area contributed by atoms with Gasteiger partial charge in [0.05, 0.1) is 18.1 Å². The van der Waals surface area contributed by atoms with Gasteiger partial charge in [-0.15, -0.1) is 0 Å². The summed E-state index contributed by atoms with van der Waals surface area (Å²) in [4.78, 5) is 12.2. The molecule has 19 heavy (non-hydrogen) atoms. The maximum Gasteiger partial charge on any atom is 0.313 e. The fourth-order valence-corrected chi connectivity index (χ4v) is 5.80. The number of carbonyl (C=O) groups excluding carboxylic acids is 1. The molecule has 4 heteroatoms. The second-order valence-corrected chi connectivity index (χ2v) is 7.91. The van der Waals surface area contributed by atoms with Crippen molar-refractivity contribution in [2.45, 2.75) is 39.2 Å². The highest BCUT2D eigenvalue weighted by Gasteiger charge is 2.83. The molecule has 3 saturated carbocycles. The SMILES string of the molecule is C[C@@]1(CO)C[C@H]2[C@H](O)[C@H]3COC(=O)C34C[C@]4(C)[C@H]2C1. The molecule has 106 valence electrons. The number of hydrogen-bond acceptors (Lipinski definition) is 4. The predicted octanol–water partition coefficient (Wildman–Crippen LogP) is 0.955. The fraction of sp³-hybridized carbons (Fsp3) is 0.933. The lowest BCUT2D eigenvalue weighted by Gasteiger charge is -2.41. The van der Waals surface area contributed by atoms with Crippen molar-refractivity contribution in [3.05, 3.63) is 0 Å². The van der Waals surface area contributed by atoms with Crippen molar-refractivity contribution in [3.63, 3.8) is 0 Å². The molecule has 1 saturated heterocycles. The molecule has 1 unspecified atom stereocenters. The minimum atomic E-state index is -0.444. The lowest BCUT2D eigenvalue weighted by molar-refractivity contribution is -0.145. The molecule has 0 aromatic heterocycles. The summed E-state index contributed by atoms with van der Waals surface area (Å²) in [7, 11) is 0. The lowest BCUT2D eigenvalue weighted by Crippen LogP contribution is -2.47. The highest BCUT2D eigenvalue weighted by atomic mass is 16.5. The van der Waals surface area contributed by atoms with Crippen LogP contribution in [0.4, 0.5) is 0 Å². The van der Waals surface area contributed by atoms with Gasteiger partial charge >= 0.3 is 5.97 Å². The molecule has 4 fully saturated rings. The first kappa shape index (κ1) is 12.2. The number of rotatable bonds is 1. The Labute approximate surface area is 113 Å². The molecular formula is C15H22O4. The van der Waals surface area contributed by atoms with Crippen LogP contribution >= 0.6 is 0 Å². The Morgan fingerprint density at radius 2 is 2.05 bits per heavy atom. The summed E-state index contributed by atoms with van der Waals surface area (Å²) in [6.07, 6.45) is 2.21. The van der Waals surface area contributed by atoms with Gasteiger partial charge in [0, 0.05) is 12.5 Å². The monoisotopic (exact) mass is 266 g/mol. The molecule has 1 aliphatic heterocycles. The van der Waals surface area contributed by atoms with Crippen LogP contribution in [0.15, 0.2) is 0 Å². The average Bonchev–Trinajstić information content (AvgIpc) is 2.68. The zero-order valence-electron chi connectivity index (χ0n) is 11.6. The van der Waals surface area contributed by atoms with Crippen molar-refractivity contribution < 1.29 is 19.7 Å². The van der Waals surface area contributed by atoms with Gasteiger partial charge in [0.1, 0.15) is 0 Å². The molecule has 4 nitrogen and oxygen atoms in total. The molecule has 4 rings (SSSR count). The first-order chi connectivity index (χ1) is 8.88. The molecule has 1 heterocycles. The largest absolute Gasteiger partial charge is 0.465 e. The van der Waals surface area contributed by atoms with Gasteiger partial charge < -0.3 is 14.9 Å². The van der Waals surface area contributed by atoms with E-state index in [1.807, 2.05) is 0 Å². The molecule has 7 atom stereocenters. The number of carbonyl (C=O) groups is 1. The van der Waals surface area contributed by atoms with Crippen LogP contribution in [0, 0.1) is 34.0 Å². The minimum absolute atomic E-state index is 0.0118. The molecule has 2 N–H and O–H groups in total. The van der Waals surface area contributed by atoms with Crippen molar-refractivity contribution in [2.75, 3.05) is 13.2 Å². The summed E-state index contributed by atoms with van der Waals surface area (Å²) < 4.78 is 5.28. The van der Waals surface area contributed by atoms with Crippen LogP contribution in [0.1, 0.15) is 33.1 Å². The molecule has 0 radical (unpaired) electrons. The van der Waals surface area contributed by atoms with Crippen LogP contribution in [-0.4, -0.2) is 35.5 Å². The van der Waals surface area contributed by atoms with Crippen molar-refractivity contribution in [3.8, 4) is 0 Å². The molecule has 4 aliphatic rings. The third-order valence-electron chi connectivity index (χ3n) is 6.94. The molecule has 0 aromatic carbocycles. The maximum absolute atomic E-state index is 12.2. The van der Waals surface area contributed by atoms with Gasteiger partial charge in [0.2, 0.25) is 0 Å². The van der Waals surface area contributed by atoms with Gasteiger partial charge in [-0.05, 0) is 41.9 Å². The van der Waals surface area contributed by atoms with Gasteiger partial charge in [-0.25, -0.2) is 0 Å². The fourth-order valence-electron chi connectivity index (χ4n) is 5.80. The number of cyclic esters (lactones) is 1. The van der Waals surface area contributed by atoms with Crippen LogP contribution in [0.3, 0.4) is 0 Å². The molecule has 3 aliphatic carbocycles. The van der Waals surface area contributed by atoms with Gasteiger partial charge in [-0.1, -0.05) is 13.8 Å². The van der Waals surface area contributed by atoms with Crippen molar-refractivity contribution in [2.24, 2.45) is 34.0 Å². The van der Waals surface area contributed by atoms with E-state index < -0.39 is 11.5 Å². The Bertz CT molecular complexity index is 463. The van der Waals surface area contributed by atoms with E-state index in [4.69, 9.17) is 4.74 Å². The van der Waals surface area contributed by atoms with Gasteiger partial charge in [-0.2, -0.15) is 0 Å². The summed E-state index contributed by atoms with van der Waals surface area (Å²) >= 11 is 0. The summed E-state index contributed by atoms with van der Waals surface area (Å²) in [5.41, 5.74) is -0.512. The average molecular weight is 266 g/mol. The number of fused-ring (bicyclic) bond motifs is 2. The third kappa shape index (κ3) is 1.13. The van der Waals surface area contributed by atoms with Crippen LogP contribution in [0.2, 0.25) is 0 Å². The first-order valence-electron chi connectivity index (χ1n) is 7.34. The van der Waals surface area contributed by atoms with Crippen LogP contribution in [0.5, 0.6) is 0 Å². The number of hydrogen-bond donors (Lipinski definition) is 2. The first-order valence-corrected chi connectivity index (χ1v) is 7.34. The highest BCUT2D eigenvalue weighted by Crippen LogP contribution is 2.81. The molecular weight excluding hydrogens is 244 g/mol. The Hall–Kier alpha value is -0.610. The number of aliphatic hydroxyl groups excluding tert-OH is 2. The molecule has 0 bridgehead atoms. The minimum Gasteiger partial charge on any atom is -0.465 e. The van der Waals surface area contributed by atoms with E-state index in [1.54, 1.807) is 0 Å². The number of aliphatic hydroxyl groups is 2. The van der Waals surface area contributed by atoms with E-state index in [2.05, 4.69) is 13.8 Å². The van der Waals surface area contributed by atoms with Crippen molar-refractivity contribution in [1.82, 2.24) is 0 Å². The van der Waals surface area contributed by atoms with Gasteiger partial charge in [-0.3, -0.25) is 4.79 Å². The lowest BCUT2D eigenvalue weighted by atomic mass is 9.63. The van der Waals surface area contributed by atoms with Crippen LogP contribution in [0.25, 0.3) is 0 Å². The Morgan fingerprint density at radius 3 is 2.74 bits per heavy atom. The van der Waals surface area contributed by atoms with Crippen molar-refractivity contribution >= 4 is 5.97 Å². The Morgan fingerprint density at radius 1 is 1.32 bits per heavy atom. The van der Waals surface area contributed by atoms with E-state index in [0.717, 1.165) is 19.3 Å². The second kappa shape index (κ2) is 3.17. The van der Waals surface area contributed by atoms with E-state index in [0.29, 0.717) is 12.5 Å². The zero-order chi connectivity index (χ0) is 13.6. The van der Waals surface area contributed by atoms with E-state index >= 15 is 0 Å². The predicted molar refractivity (Wildman–Crippen MR) is 67.0 cm³/mol. The highest BCUT2D eigenvalue weighted by molar-refractivity contribution is 5.85.